The minimum atomic E-state index is -1.09. The van der Waals surface area contributed by atoms with E-state index in [0.717, 1.165) is 6.07 Å². The third-order valence-electron chi connectivity index (χ3n) is 2.21. The lowest BCUT2D eigenvalue weighted by molar-refractivity contribution is -0.137. The number of benzene rings is 1. The summed E-state index contributed by atoms with van der Waals surface area (Å²) in [7, 11) is 1.25. The fraction of sp³-hybridized carbons (Fsp3) is 0.273. The van der Waals surface area contributed by atoms with E-state index in [4.69, 9.17) is 20.8 Å². The van der Waals surface area contributed by atoms with Gasteiger partial charge in [0.1, 0.15) is 6.07 Å². The smallest absolute Gasteiger partial charge is 0.305 e. The SMILES string of the molecule is COc1c(F)cc(C(N)CC(=O)O)cc1C#N. The lowest BCUT2D eigenvalue weighted by Gasteiger charge is -2.12. The maximum Gasteiger partial charge on any atom is 0.305 e. The van der Waals surface area contributed by atoms with Crippen LogP contribution in [0.25, 0.3) is 0 Å². The maximum absolute atomic E-state index is 13.5. The molecule has 1 aromatic rings. The van der Waals surface area contributed by atoms with Crippen LogP contribution in [0.5, 0.6) is 5.75 Å². The van der Waals surface area contributed by atoms with E-state index in [-0.39, 0.29) is 23.3 Å². The number of halogens is 1. The van der Waals surface area contributed by atoms with Gasteiger partial charge in [0.15, 0.2) is 11.6 Å². The maximum atomic E-state index is 13.5. The molecule has 1 atom stereocenters. The first-order valence-electron chi connectivity index (χ1n) is 4.74. The number of hydrogen-bond donors (Lipinski definition) is 2. The van der Waals surface area contributed by atoms with E-state index in [2.05, 4.69) is 0 Å². The van der Waals surface area contributed by atoms with Crippen molar-refractivity contribution in [3.8, 4) is 11.8 Å². The van der Waals surface area contributed by atoms with Crippen LogP contribution in [0.2, 0.25) is 0 Å². The average molecular weight is 238 g/mol. The van der Waals surface area contributed by atoms with Crippen molar-refractivity contribution in [1.82, 2.24) is 0 Å². The van der Waals surface area contributed by atoms with Crippen LogP contribution in [0.3, 0.4) is 0 Å². The van der Waals surface area contributed by atoms with E-state index in [1.807, 2.05) is 0 Å². The van der Waals surface area contributed by atoms with Crippen LogP contribution in [-0.2, 0) is 4.79 Å². The van der Waals surface area contributed by atoms with Crippen LogP contribution in [0.15, 0.2) is 12.1 Å². The first-order chi connectivity index (χ1) is 7.99. The van der Waals surface area contributed by atoms with Gasteiger partial charge in [-0.1, -0.05) is 0 Å². The zero-order valence-electron chi connectivity index (χ0n) is 9.11. The van der Waals surface area contributed by atoms with Gasteiger partial charge in [-0.05, 0) is 17.7 Å². The summed E-state index contributed by atoms with van der Waals surface area (Å²) in [6.45, 7) is 0. The summed E-state index contributed by atoms with van der Waals surface area (Å²) in [5, 5.41) is 17.4. The number of aliphatic carboxylic acids is 1. The van der Waals surface area contributed by atoms with E-state index >= 15 is 0 Å². The first-order valence-corrected chi connectivity index (χ1v) is 4.74. The molecule has 1 aromatic carbocycles. The molecule has 0 aliphatic heterocycles. The molecule has 0 bridgehead atoms. The molecule has 0 spiro atoms. The Balaban J connectivity index is 3.16. The molecule has 0 fully saturated rings. The lowest BCUT2D eigenvalue weighted by Crippen LogP contribution is -2.15. The Morgan fingerprint density at radius 2 is 2.35 bits per heavy atom. The molecule has 6 heteroatoms. The monoisotopic (exact) mass is 238 g/mol. The summed E-state index contributed by atoms with van der Waals surface area (Å²) >= 11 is 0. The molecule has 0 aliphatic rings. The molecule has 0 saturated carbocycles. The van der Waals surface area contributed by atoms with Crippen molar-refractivity contribution in [1.29, 1.82) is 5.26 Å². The average Bonchev–Trinajstić information content (AvgIpc) is 2.26. The summed E-state index contributed by atoms with van der Waals surface area (Å²) in [5.41, 5.74) is 5.82. The Labute approximate surface area is 97.2 Å². The van der Waals surface area contributed by atoms with Crippen molar-refractivity contribution in [3.63, 3.8) is 0 Å². The van der Waals surface area contributed by atoms with E-state index in [1.54, 1.807) is 6.07 Å². The second kappa shape index (κ2) is 5.27. The third-order valence-corrected chi connectivity index (χ3v) is 2.21. The standard InChI is InChI=1S/C11H11FN2O3/c1-17-11-7(5-13)2-6(3-8(11)12)9(14)4-10(15)16/h2-3,9H,4,14H2,1H3,(H,15,16). The molecule has 1 unspecified atom stereocenters. The van der Waals surface area contributed by atoms with Gasteiger partial charge in [-0.25, -0.2) is 4.39 Å². The fourth-order valence-corrected chi connectivity index (χ4v) is 1.42. The number of carboxylic acids is 1. The summed E-state index contributed by atoms with van der Waals surface area (Å²) in [6.07, 6.45) is -0.337. The van der Waals surface area contributed by atoms with E-state index in [9.17, 15) is 9.18 Å². The fourth-order valence-electron chi connectivity index (χ4n) is 1.42. The molecule has 0 aliphatic carbocycles. The van der Waals surface area contributed by atoms with Crippen LogP contribution in [0.4, 0.5) is 4.39 Å². The molecule has 5 nitrogen and oxygen atoms in total. The van der Waals surface area contributed by atoms with Gasteiger partial charge in [0, 0.05) is 6.04 Å². The highest BCUT2D eigenvalue weighted by atomic mass is 19.1. The quantitative estimate of drug-likeness (QED) is 0.821. The van der Waals surface area contributed by atoms with E-state index < -0.39 is 17.8 Å². The van der Waals surface area contributed by atoms with Gasteiger partial charge >= 0.3 is 5.97 Å². The molecule has 17 heavy (non-hydrogen) atoms. The van der Waals surface area contributed by atoms with Gasteiger partial charge in [0.2, 0.25) is 0 Å². The molecule has 0 heterocycles. The molecule has 3 N–H and O–H groups in total. The predicted molar refractivity (Wildman–Crippen MR) is 56.8 cm³/mol. The second-order valence-electron chi connectivity index (χ2n) is 3.40. The van der Waals surface area contributed by atoms with Gasteiger partial charge in [-0.2, -0.15) is 5.26 Å². The van der Waals surface area contributed by atoms with Crippen LogP contribution >= 0.6 is 0 Å². The largest absolute Gasteiger partial charge is 0.492 e. The molecular formula is C11H11FN2O3. The van der Waals surface area contributed by atoms with Crippen molar-refractivity contribution in [3.05, 3.63) is 29.1 Å². The molecule has 90 valence electrons. The molecule has 0 amide bonds. The predicted octanol–water partition coefficient (Wildman–Crippen LogP) is 1.18. The van der Waals surface area contributed by atoms with Crippen LogP contribution in [0, 0.1) is 17.1 Å². The molecule has 0 radical (unpaired) electrons. The molecule has 0 saturated heterocycles. The van der Waals surface area contributed by atoms with Crippen LogP contribution in [0.1, 0.15) is 23.6 Å². The highest BCUT2D eigenvalue weighted by Crippen LogP contribution is 2.26. The number of carbonyl (C=O) groups is 1. The van der Waals surface area contributed by atoms with E-state index in [0.29, 0.717) is 0 Å². The Kier molecular flexibility index (Phi) is 4.01. The number of hydrogen-bond acceptors (Lipinski definition) is 4. The minimum Gasteiger partial charge on any atom is -0.492 e. The van der Waals surface area contributed by atoms with Crippen molar-refractivity contribution in [2.75, 3.05) is 7.11 Å². The second-order valence-corrected chi connectivity index (χ2v) is 3.40. The number of carboxylic acid groups (broad SMARTS) is 1. The van der Waals surface area contributed by atoms with Crippen LogP contribution in [-0.4, -0.2) is 18.2 Å². The van der Waals surface area contributed by atoms with Gasteiger partial charge in [-0.3, -0.25) is 4.79 Å². The zero-order chi connectivity index (χ0) is 13.0. The van der Waals surface area contributed by atoms with Crippen molar-refractivity contribution >= 4 is 5.97 Å². The highest BCUT2D eigenvalue weighted by molar-refractivity contribution is 5.68. The van der Waals surface area contributed by atoms with Gasteiger partial charge in [0.25, 0.3) is 0 Å². The number of methoxy groups -OCH3 is 1. The summed E-state index contributed by atoms with van der Waals surface area (Å²) < 4.78 is 18.2. The number of rotatable bonds is 4. The summed E-state index contributed by atoms with van der Waals surface area (Å²) in [5.74, 6) is -1.99. The van der Waals surface area contributed by atoms with Gasteiger partial charge < -0.3 is 15.6 Å². The Bertz CT molecular complexity index is 482. The number of nitriles is 1. The Hall–Kier alpha value is -2.13. The third kappa shape index (κ3) is 2.92. The summed E-state index contributed by atoms with van der Waals surface area (Å²) in [6, 6.07) is 3.31. The Morgan fingerprint density at radius 1 is 1.71 bits per heavy atom. The molecule has 0 aromatic heterocycles. The zero-order valence-corrected chi connectivity index (χ0v) is 9.11. The minimum absolute atomic E-state index is 0.0108. The number of nitrogens with zero attached hydrogens (tertiary/aromatic N) is 1. The van der Waals surface area contributed by atoms with Gasteiger partial charge in [0.05, 0.1) is 19.1 Å². The Morgan fingerprint density at radius 3 is 2.82 bits per heavy atom. The summed E-state index contributed by atoms with van der Waals surface area (Å²) in [4.78, 5) is 10.5. The van der Waals surface area contributed by atoms with Crippen molar-refractivity contribution in [2.45, 2.75) is 12.5 Å². The highest BCUT2D eigenvalue weighted by Gasteiger charge is 2.17. The topological polar surface area (TPSA) is 96.3 Å². The normalized spacial score (nSPS) is 11.6. The van der Waals surface area contributed by atoms with Crippen LogP contribution < -0.4 is 10.5 Å². The first kappa shape index (κ1) is 12.9. The number of ether oxygens (including phenoxy) is 1. The molecular weight excluding hydrogens is 227 g/mol. The van der Waals surface area contributed by atoms with Crippen molar-refractivity contribution < 1.29 is 19.0 Å². The van der Waals surface area contributed by atoms with Crippen molar-refractivity contribution in [2.24, 2.45) is 5.73 Å². The van der Waals surface area contributed by atoms with Gasteiger partial charge in [-0.15, -0.1) is 0 Å². The molecule has 1 rings (SSSR count). The number of nitrogens with two attached hydrogens (primary N) is 1. The van der Waals surface area contributed by atoms with E-state index in [1.165, 1.54) is 13.2 Å². The lowest BCUT2D eigenvalue weighted by atomic mass is 10.0.